The van der Waals surface area contributed by atoms with E-state index in [0.717, 1.165) is 6.92 Å². The molecule has 6 nitrogen and oxygen atoms in total. The molecule has 0 aliphatic carbocycles. The van der Waals surface area contributed by atoms with Gasteiger partial charge in [-0.05, 0) is 0 Å². The molecule has 0 saturated heterocycles. The van der Waals surface area contributed by atoms with E-state index < -0.39 is 5.97 Å². The van der Waals surface area contributed by atoms with E-state index in [2.05, 4.69) is 9.97 Å². The van der Waals surface area contributed by atoms with E-state index in [-0.39, 0.29) is 17.0 Å². The Bertz CT molecular complexity index is 337. The number of carbonyl (C=O) groups is 1. The molecule has 0 aliphatic heterocycles. The van der Waals surface area contributed by atoms with Crippen molar-refractivity contribution in [2.24, 2.45) is 14.1 Å². The summed E-state index contributed by atoms with van der Waals surface area (Å²) in [4.78, 5) is 16.6. The normalized spacial score (nSPS) is 7.71. The number of aromatic nitrogens is 4. The molecule has 0 fully saturated rings. The Morgan fingerprint density at radius 3 is 1.41 bits per heavy atom. The van der Waals surface area contributed by atoms with Gasteiger partial charge < -0.3 is 14.2 Å². The van der Waals surface area contributed by atoms with E-state index in [1.165, 1.54) is 0 Å². The lowest BCUT2D eigenvalue weighted by Crippen LogP contribution is -1.78. The zero-order valence-corrected chi connectivity index (χ0v) is 11.7. The van der Waals surface area contributed by atoms with Crippen molar-refractivity contribution in [1.82, 2.24) is 19.1 Å². The molecule has 2 rings (SSSR count). The summed E-state index contributed by atoms with van der Waals surface area (Å²) in [5.41, 5.74) is 0. The van der Waals surface area contributed by atoms with Gasteiger partial charge in [-0.1, -0.05) is 0 Å². The van der Waals surface area contributed by atoms with E-state index in [1.807, 2.05) is 35.6 Å². The molecule has 2 heterocycles. The van der Waals surface area contributed by atoms with Gasteiger partial charge in [-0.2, -0.15) is 0 Å². The predicted molar refractivity (Wildman–Crippen MR) is 70.0 cm³/mol. The van der Waals surface area contributed by atoms with Crippen molar-refractivity contribution in [1.29, 1.82) is 0 Å². The quantitative estimate of drug-likeness (QED) is 0.800. The first-order chi connectivity index (χ1) is 7.52. The largest absolute Gasteiger partial charge is 0.481 e. The molecule has 0 unspecified atom stereocenters. The van der Waals surface area contributed by atoms with Crippen LogP contribution in [-0.2, 0) is 18.9 Å². The Labute approximate surface area is 111 Å². The molecule has 0 amide bonds. The number of rotatable bonds is 0. The Morgan fingerprint density at radius 2 is 1.35 bits per heavy atom. The topological polar surface area (TPSA) is 72.9 Å². The van der Waals surface area contributed by atoms with E-state index in [4.69, 9.17) is 9.90 Å². The highest BCUT2D eigenvalue weighted by atomic mass is 79.9. The minimum Gasteiger partial charge on any atom is -0.481 e. The Balaban J connectivity index is 0. The molecule has 2 aromatic rings. The summed E-state index contributed by atoms with van der Waals surface area (Å²) < 4.78 is 3.78. The summed E-state index contributed by atoms with van der Waals surface area (Å²) in [6, 6.07) is 0. The second kappa shape index (κ2) is 10.9. The summed E-state index contributed by atoms with van der Waals surface area (Å²) in [5, 5.41) is 7.42. The van der Waals surface area contributed by atoms with Gasteiger partial charge in [-0.15, -0.1) is 17.0 Å². The van der Waals surface area contributed by atoms with E-state index in [0.29, 0.717) is 0 Å². The average Bonchev–Trinajstić information content (AvgIpc) is 2.78. The third-order valence-corrected chi connectivity index (χ3v) is 1.27. The fourth-order valence-electron chi connectivity index (χ4n) is 0.652. The van der Waals surface area contributed by atoms with Crippen molar-refractivity contribution in [3.63, 3.8) is 0 Å². The first-order valence-corrected chi connectivity index (χ1v) is 4.55. The Hall–Kier alpha value is -1.63. The first-order valence-electron chi connectivity index (χ1n) is 4.55. The van der Waals surface area contributed by atoms with Gasteiger partial charge in [0.25, 0.3) is 5.97 Å². The number of aryl methyl sites for hydroxylation is 2. The van der Waals surface area contributed by atoms with Crippen molar-refractivity contribution in [2.45, 2.75) is 6.92 Å². The molecular weight excluding hydrogens is 288 g/mol. The molecule has 7 heteroatoms. The molecule has 2 aromatic heterocycles. The molecule has 0 bridgehead atoms. The van der Waals surface area contributed by atoms with E-state index in [9.17, 15) is 0 Å². The zero-order valence-electron chi connectivity index (χ0n) is 10.0. The van der Waals surface area contributed by atoms with Crippen LogP contribution in [0.25, 0.3) is 0 Å². The Morgan fingerprint density at radius 1 is 1.06 bits per heavy atom. The average molecular weight is 305 g/mol. The third-order valence-electron chi connectivity index (χ3n) is 1.27. The van der Waals surface area contributed by atoms with Crippen molar-refractivity contribution < 1.29 is 9.90 Å². The number of halogens is 1. The van der Waals surface area contributed by atoms with Gasteiger partial charge in [0.1, 0.15) is 0 Å². The number of aliphatic carboxylic acids is 1. The molecule has 96 valence electrons. The molecule has 1 N–H and O–H groups in total. The molecule has 0 aliphatic rings. The lowest BCUT2D eigenvalue weighted by molar-refractivity contribution is -0.134. The smallest absolute Gasteiger partial charge is 0.300 e. The minimum absolute atomic E-state index is 0. The summed E-state index contributed by atoms with van der Waals surface area (Å²) in [6.45, 7) is 1.08. The van der Waals surface area contributed by atoms with Crippen LogP contribution in [0.1, 0.15) is 6.92 Å². The van der Waals surface area contributed by atoms with Crippen LogP contribution in [0.5, 0.6) is 0 Å². The van der Waals surface area contributed by atoms with Gasteiger partial charge in [0.15, 0.2) is 0 Å². The second-order valence-corrected chi connectivity index (χ2v) is 2.98. The highest BCUT2D eigenvalue weighted by molar-refractivity contribution is 8.93. The van der Waals surface area contributed by atoms with Crippen LogP contribution in [0.15, 0.2) is 37.4 Å². The van der Waals surface area contributed by atoms with Crippen LogP contribution in [0.4, 0.5) is 0 Å². The highest BCUT2D eigenvalue weighted by Gasteiger charge is 1.70. The molecular formula is C10H17BrN4O2. The number of carboxylic acids is 1. The summed E-state index contributed by atoms with van der Waals surface area (Å²) in [5.74, 6) is -0.833. The van der Waals surface area contributed by atoms with Crippen molar-refractivity contribution >= 4 is 23.0 Å². The number of imidazole rings is 2. The summed E-state index contributed by atoms with van der Waals surface area (Å²) in [6.07, 6.45) is 10.8. The van der Waals surface area contributed by atoms with Crippen molar-refractivity contribution in [3.8, 4) is 0 Å². The highest BCUT2D eigenvalue weighted by Crippen LogP contribution is 1.74. The fourth-order valence-corrected chi connectivity index (χ4v) is 0.652. The summed E-state index contributed by atoms with van der Waals surface area (Å²) >= 11 is 0. The van der Waals surface area contributed by atoms with Crippen LogP contribution in [-0.4, -0.2) is 30.2 Å². The van der Waals surface area contributed by atoms with Gasteiger partial charge in [0.2, 0.25) is 0 Å². The molecule has 0 atom stereocenters. The molecule has 0 saturated carbocycles. The van der Waals surface area contributed by atoms with E-state index >= 15 is 0 Å². The maximum absolute atomic E-state index is 9.00. The SMILES string of the molecule is Br.CC(=O)O.Cn1ccnc1.Cn1ccnc1. The monoisotopic (exact) mass is 304 g/mol. The zero-order chi connectivity index (χ0) is 12.4. The van der Waals surface area contributed by atoms with E-state index in [1.54, 1.807) is 25.0 Å². The van der Waals surface area contributed by atoms with Crippen molar-refractivity contribution in [2.75, 3.05) is 0 Å². The number of carboxylic acid groups (broad SMARTS) is 1. The second-order valence-electron chi connectivity index (χ2n) is 2.98. The minimum atomic E-state index is -0.833. The van der Waals surface area contributed by atoms with Gasteiger partial charge >= 0.3 is 0 Å². The van der Waals surface area contributed by atoms with Gasteiger partial charge in [0, 0.05) is 45.8 Å². The fraction of sp³-hybridized carbons (Fsp3) is 0.300. The van der Waals surface area contributed by atoms with Crippen LogP contribution in [0, 0.1) is 0 Å². The number of hydrogen-bond donors (Lipinski definition) is 1. The van der Waals surface area contributed by atoms with Gasteiger partial charge in [-0.3, -0.25) is 4.79 Å². The van der Waals surface area contributed by atoms with Crippen LogP contribution in [0.3, 0.4) is 0 Å². The standard InChI is InChI=1S/2C4H6N2.C2H4O2.BrH/c2*1-6-3-2-5-4-6;1-2(3)4;/h2*2-4H,1H3;1H3,(H,3,4);1H. The third kappa shape index (κ3) is 14.4. The first kappa shape index (κ1) is 17.8. The summed E-state index contributed by atoms with van der Waals surface area (Å²) in [7, 11) is 3.88. The lowest BCUT2D eigenvalue weighted by Gasteiger charge is -1.76. The molecule has 0 radical (unpaired) electrons. The van der Waals surface area contributed by atoms with Gasteiger partial charge in [0.05, 0.1) is 12.7 Å². The number of nitrogens with zero attached hydrogens (tertiary/aromatic N) is 4. The lowest BCUT2D eigenvalue weighted by atomic mass is 10.9. The molecule has 0 aromatic carbocycles. The van der Waals surface area contributed by atoms with Crippen LogP contribution >= 0.6 is 17.0 Å². The number of hydrogen-bond acceptors (Lipinski definition) is 3. The maximum atomic E-state index is 9.00. The molecule has 0 spiro atoms. The predicted octanol–water partition coefficient (Wildman–Crippen LogP) is 1.51. The Kier molecular flexibility index (Phi) is 11.4. The molecule has 17 heavy (non-hydrogen) atoms. The van der Waals surface area contributed by atoms with Gasteiger partial charge in [-0.25, -0.2) is 9.97 Å². The van der Waals surface area contributed by atoms with Crippen LogP contribution < -0.4 is 0 Å². The van der Waals surface area contributed by atoms with Crippen molar-refractivity contribution in [3.05, 3.63) is 37.4 Å². The maximum Gasteiger partial charge on any atom is 0.300 e. The van der Waals surface area contributed by atoms with Crippen LogP contribution in [0.2, 0.25) is 0 Å².